The van der Waals surface area contributed by atoms with Crippen LogP contribution in [-0.2, 0) is 16.0 Å². The summed E-state index contributed by atoms with van der Waals surface area (Å²) in [5, 5.41) is 0. The molecule has 0 saturated heterocycles. The molecule has 0 atom stereocenters. The zero-order valence-electron chi connectivity index (χ0n) is 32.0. The smallest absolute Gasteiger partial charge is 0.373 e. The van der Waals surface area contributed by atoms with Crippen molar-refractivity contribution in [3.8, 4) is 58.9 Å². The van der Waals surface area contributed by atoms with Crippen LogP contribution in [0.5, 0.6) is 11.5 Å². The van der Waals surface area contributed by atoms with Crippen molar-refractivity contribution in [2.45, 2.75) is 20.3 Å². The van der Waals surface area contributed by atoms with E-state index in [1.165, 1.54) is 11.1 Å². The molecule has 0 aliphatic carbocycles. The van der Waals surface area contributed by atoms with Gasteiger partial charge in [-0.05, 0) is 67.4 Å². The summed E-state index contributed by atoms with van der Waals surface area (Å²) in [4.78, 5) is 20.0. The normalized spacial score (nSPS) is 10.3. The molecular formula is C46H44N2O4S2+2. The third-order valence-electron chi connectivity index (χ3n) is 7.22. The van der Waals surface area contributed by atoms with Crippen molar-refractivity contribution in [1.82, 2.24) is 0 Å². The lowest BCUT2D eigenvalue weighted by atomic mass is 10.1. The Labute approximate surface area is 328 Å². The largest absolute Gasteiger partial charge is 0.444 e. The quantitative estimate of drug-likeness (QED) is 0.0969. The van der Waals surface area contributed by atoms with E-state index in [1.807, 2.05) is 48.5 Å². The Morgan fingerprint density at radius 2 is 0.870 bits per heavy atom. The molecule has 0 aliphatic heterocycles. The van der Waals surface area contributed by atoms with Crippen LogP contribution in [0, 0.1) is 54.3 Å². The Hall–Kier alpha value is -5.80. The molecule has 0 spiro atoms. The average Bonchev–Trinajstić information content (AvgIpc) is 3.80. The Morgan fingerprint density at radius 1 is 0.519 bits per heavy atom. The third kappa shape index (κ3) is 14.0. The number of hydrogen-bond donors (Lipinski definition) is 0. The second kappa shape index (κ2) is 19.3. The fourth-order valence-corrected chi connectivity index (χ4v) is 5.88. The Kier molecular flexibility index (Phi) is 14.7. The van der Waals surface area contributed by atoms with E-state index < -0.39 is 0 Å². The molecule has 0 bridgehead atoms. The molecule has 0 N–H and O–H groups in total. The lowest BCUT2D eigenvalue weighted by molar-refractivity contribution is -0.886. The Bertz CT molecular complexity index is 2340. The molecule has 0 fully saturated rings. The van der Waals surface area contributed by atoms with Crippen molar-refractivity contribution >= 4 is 28.8 Å². The van der Waals surface area contributed by atoms with Crippen LogP contribution in [0.3, 0.4) is 0 Å². The van der Waals surface area contributed by atoms with Crippen molar-refractivity contribution < 1.29 is 28.0 Å². The summed E-state index contributed by atoms with van der Waals surface area (Å²) in [6, 6.07) is 28.6. The fourth-order valence-electron chi connectivity index (χ4n) is 4.45. The van der Waals surface area contributed by atoms with Gasteiger partial charge in [0.25, 0.3) is 0 Å². The van der Waals surface area contributed by atoms with E-state index in [-0.39, 0.29) is 6.15 Å². The van der Waals surface area contributed by atoms with E-state index in [0.29, 0.717) is 33.9 Å². The molecule has 5 rings (SSSR count). The molecule has 0 aliphatic rings. The molecule has 5 aromatic rings. The van der Waals surface area contributed by atoms with Gasteiger partial charge in [-0.15, -0.1) is 22.7 Å². The maximum Gasteiger partial charge on any atom is 0.373 e. The average molecular weight is 753 g/mol. The van der Waals surface area contributed by atoms with Gasteiger partial charge in [0, 0.05) is 23.3 Å². The van der Waals surface area contributed by atoms with Gasteiger partial charge in [0.1, 0.15) is 11.5 Å². The molecule has 0 saturated carbocycles. The van der Waals surface area contributed by atoms with Crippen LogP contribution < -0.4 is 9.47 Å². The summed E-state index contributed by atoms with van der Waals surface area (Å²) in [6.45, 7) is 5.16. The number of benzene rings is 3. The second-order valence-corrected chi connectivity index (χ2v) is 16.5. The van der Waals surface area contributed by atoms with Crippen LogP contribution in [0.25, 0.3) is 0 Å². The first-order chi connectivity index (χ1) is 25.7. The molecule has 3 aromatic carbocycles. The number of thiophene rings is 2. The van der Waals surface area contributed by atoms with Gasteiger partial charge in [0.2, 0.25) is 13.5 Å². The van der Waals surface area contributed by atoms with Gasteiger partial charge in [-0.1, -0.05) is 84.1 Å². The molecule has 8 heteroatoms. The fraction of sp³-hybridized carbons (Fsp3) is 0.239. The Balaban J connectivity index is 0.00000209. The van der Waals surface area contributed by atoms with Gasteiger partial charge < -0.3 is 9.47 Å². The summed E-state index contributed by atoms with van der Waals surface area (Å²) in [5.74, 6) is 27.8. The molecule has 0 radical (unpaired) electrons. The molecule has 54 heavy (non-hydrogen) atoms. The topological polar surface area (TPSA) is 52.6 Å². The van der Waals surface area contributed by atoms with Crippen molar-refractivity contribution in [1.29, 1.82) is 0 Å². The van der Waals surface area contributed by atoms with Crippen LogP contribution in [-0.4, -0.2) is 70.9 Å². The first-order valence-corrected chi connectivity index (χ1v) is 18.8. The predicted octanol–water partition coefficient (Wildman–Crippen LogP) is 7.78. The Morgan fingerprint density at radius 3 is 1.22 bits per heavy atom. The van der Waals surface area contributed by atoms with Crippen LogP contribution in [0.1, 0.15) is 59.8 Å². The van der Waals surface area contributed by atoms with Gasteiger partial charge in [-0.2, -0.15) is 9.59 Å². The van der Waals surface area contributed by atoms with E-state index in [2.05, 4.69) is 140 Å². The van der Waals surface area contributed by atoms with Gasteiger partial charge in [0.05, 0.1) is 72.9 Å². The summed E-state index contributed by atoms with van der Waals surface area (Å²) < 4.78 is 14.0. The lowest BCUT2D eigenvalue weighted by Gasteiger charge is -2.25. The number of rotatable bonds is 7. The summed E-state index contributed by atoms with van der Waals surface area (Å²) in [6.07, 6.45) is 1.27. The number of aryl methyl sites for hydroxylation is 2. The van der Waals surface area contributed by atoms with Gasteiger partial charge in [0.15, 0.2) is 0 Å². The molecule has 0 amide bonds. The number of carbonyl (C=O) groups excluding carboxylic acids is 2. The van der Waals surface area contributed by atoms with Crippen molar-refractivity contribution in [2.75, 3.05) is 55.7 Å². The van der Waals surface area contributed by atoms with Crippen LogP contribution >= 0.6 is 22.7 Å². The second-order valence-electron chi connectivity index (χ2n) is 14.3. The lowest BCUT2D eigenvalue weighted by Crippen LogP contribution is -2.38. The van der Waals surface area contributed by atoms with Crippen molar-refractivity contribution in [3.63, 3.8) is 0 Å². The van der Waals surface area contributed by atoms with E-state index in [0.717, 1.165) is 48.2 Å². The van der Waals surface area contributed by atoms with Crippen LogP contribution in [0.2, 0.25) is 0 Å². The van der Waals surface area contributed by atoms with Gasteiger partial charge in [-0.25, -0.2) is 0 Å². The van der Waals surface area contributed by atoms with Gasteiger partial charge >= 0.3 is 6.15 Å². The molecule has 272 valence electrons. The summed E-state index contributed by atoms with van der Waals surface area (Å²) in [5.41, 5.74) is 6.01. The number of quaternary nitrogens is 2. The van der Waals surface area contributed by atoms with Crippen LogP contribution in [0.4, 0.5) is 0 Å². The van der Waals surface area contributed by atoms with Crippen molar-refractivity contribution in [3.05, 3.63) is 138 Å². The SMILES string of the molecule is CCc1ccc(C#Cc2ccc(C#Cc3cc(OC[N+](C)(C)C)c(C#Cc4ccc(C#Cc5ccc(C)cc5)s4)cc3OC[N+](C)(C)C)s2)cc1.O=C=O. The van der Waals surface area contributed by atoms with E-state index >= 15 is 0 Å². The standard InChI is InChI=1S/C45H44N2O2S2.CO2/c1-9-35-14-16-37(17-15-35)19-23-41-27-29-43(51-41)25-21-39-31-44(48-32-46(3,4)5)38(30-45(39)49-33-47(6,7)8)20-24-42-28-26-40(50-42)22-18-36-12-10-34(2)11-13-36;2-1-3/h10-17,26-31H,9,32-33H2,1-8H3;/q+2;. The minimum atomic E-state index is 0.250. The van der Waals surface area contributed by atoms with Gasteiger partial charge in [-0.3, -0.25) is 8.97 Å². The third-order valence-corrected chi connectivity index (χ3v) is 9.06. The zero-order valence-corrected chi connectivity index (χ0v) is 33.7. The molecule has 2 heterocycles. The van der Waals surface area contributed by atoms with Crippen molar-refractivity contribution in [2.24, 2.45) is 0 Å². The number of ether oxygens (including phenoxy) is 2. The monoisotopic (exact) mass is 752 g/mol. The van der Waals surface area contributed by atoms with Crippen LogP contribution in [0.15, 0.2) is 84.9 Å². The highest BCUT2D eigenvalue weighted by atomic mass is 32.1. The first-order valence-electron chi connectivity index (χ1n) is 17.2. The minimum absolute atomic E-state index is 0.250. The zero-order chi connectivity index (χ0) is 39.1. The summed E-state index contributed by atoms with van der Waals surface area (Å²) in [7, 11) is 12.5. The summed E-state index contributed by atoms with van der Waals surface area (Å²) >= 11 is 3.15. The predicted molar refractivity (Wildman–Crippen MR) is 218 cm³/mol. The van der Waals surface area contributed by atoms with E-state index in [1.54, 1.807) is 22.7 Å². The highest BCUT2D eigenvalue weighted by Gasteiger charge is 2.16. The first kappa shape index (κ1) is 41.0. The highest BCUT2D eigenvalue weighted by Crippen LogP contribution is 2.30. The minimum Gasteiger partial charge on any atom is -0.444 e. The number of nitrogens with zero attached hydrogens (tertiary/aromatic N) is 2. The molecule has 0 unspecified atom stereocenters. The maximum atomic E-state index is 8.12. The highest BCUT2D eigenvalue weighted by molar-refractivity contribution is 7.13. The molecule has 2 aromatic heterocycles. The molecule has 6 nitrogen and oxygen atoms in total. The number of hydrogen-bond acceptors (Lipinski definition) is 6. The maximum absolute atomic E-state index is 8.12. The van der Waals surface area contributed by atoms with E-state index in [4.69, 9.17) is 19.1 Å². The molecular weight excluding hydrogens is 709 g/mol. The van der Waals surface area contributed by atoms with E-state index in [9.17, 15) is 0 Å².